The number of carbonyl (C=O) groups excluding carboxylic acids is 1. The van der Waals surface area contributed by atoms with Gasteiger partial charge in [-0.25, -0.2) is 0 Å². The molecule has 0 aliphatic rings. The number of likely N-dealkylation sites (N-methyl/N-ethyl adjacent to an activating group) is 1. The average molecular weight is 425 g/mol. The van der Waals surface area contributed by atoms with Crippen molar-refractivity contribution < 1.29 is 9.22 Å². The number of amides is 1. The van der Waals surface area contributed by atoms with Crippen LogP contribution in [0.25, 0.3) is 11.6 Å². The summed E-state index contributed by atoms with van der Waals surface area (Å²) in [5.41, 5.74) is 3.75. The molecule has 0 spiro atoms. The molecule has 0 saturated carbocycles. The first kappa shape index (κ1) is 24.0. The van der Waals surface area contributed by atoms with E-state index in [1.807, 2.05) is 54.9 Å². The molecule has 4 nitrogen and oxygen atoms in total. The van der Waals surface area contributed by atoms with Crippen LogP contribution in [0, 0.1) is 0 Å². The number of rotatable bonds is 8. The summed E-state index contributed by atoms with van der Waals surface area (Å²) in [5, 5.41) is 0.217. The molecule has 1 aromatic carbocycles. The lowest BCUT2D eigenvalue weighted by Crippen LogP contribution is -2.41. The Morgan fingerprint density at radius 1 is 1.13 bits per heavy atom. The Morgan fingerprint density at radius 3 is 2.40 bits per heavy atom. The van der Waals surface area contributed by atoms with Crippen LogP contribution in [0.4, 0.5) is 0 Å². The van der Waals surface area contributed by atoms with Crippen LogP contribution in [0.3, 0.4) is 0 Å². The molecule has 0 aliphatic carbocycles. The smallest absolute Gasteiger partial charge is 0.253 e. The van der Waals surface area contributed by atoms with E-state index >= 15 is 0 Å². The molecule has 1 amide bonds. The van der Waals surface area contributed by atoms with Crippen LogP contribution in [0.15, 0.2) is 48.8 Å². The lowest BCUT2D eigenvalue weighted by Gasteiger charge is -2.36. The maximum Gasteiger partial charge on any atom is 0.253 e. The topological polar surface area (TPSA) is 42.4 Å². The zero-order valence-electron chi connectivity index (χ0n) is 19.5. The van der Waals surface area contributed by atoms with Crippen molar-refractivity contribution in [3.05, 3.63) is 65.5 Å². The lowest BCUT2D eigenvalue weighted by atomic mass is 9.98. The van der Waals surface area contributed by atoms with E-state index < -0.39 is 8.32 Å². The molecule has 0 saturated heterocycles. The number of hydrogen-bond acceptors (Lipinski definition) is 3. The molecular weight excluding hydrogens is 388 g/mol. The quantitative estimate of drug-likeness (QED) is 0.312. The van der Waals surface area contributed by atoms with Crippen LogP contribution in [0.1, 0.15) is 43.9 Å². The van der Waals surface area contributed by atoms with Gasteiger partial charge < -0.3 is 9.33 Å². The second kappa shape index (κ2) is 10.2. The molecule has 1 aromatic heterocycles. The van der Waals surface area contributed by atoms with Gasteiger partial charge in [0.05, 0.1) is 0 Å². The molecule has 5 heteroatoms. The Balaban J connectivity index is 2.21. The molecule has 0 N–H and O–H groups in total. The average Bonchev–Trinajstić information content (AvgIpc) is 2.69. The normalized spacial score (nSPS) is 12.7. The zero-order valence-corrected chi connectivity index (χ0v) is 20.5. The molecule has 2 aromatic rings. The zero-order chi connectivity index (χ0) is 22.4. The van der Waals surface area contributed by atoms with Gasteiger partial charge in [0.1, 0.15) is 0 Å². The SMILES string of the molecule is CN(C)C(=O)C(=Cc1cnccc1CCCO[Si](C)(C)C(C)(C)C)c1ccccc1. The molecule has 0 radical (unpaired) electrons. The highest BCUT2D eigenvalue weighted by atomic mass is 28.4. The van der Waals surface area contributed by atoms with Gasteiger partial charge >= 0.3 is 0 Å². The van der Waals surface area contributed by atoms with Gasteiger partial charge in [-0.2, -0.15) is 0 Å². The third kappa shape index (κ3) is 6.38. The maximum absolute atomic E-state index is 12.8. The molecule has 1 heterocycles. The van der Waals surface area contributed by atoms with Crippen LogP contribution in [0.5, 0.6) is 0 Å². The number of carbonyl (C=O) groups is 1. The Kier molecular flexibility index (Phi) is 8.15. The fourth-order valence-electron chi connectivity index (χ4n) is 2.88. The largest absolute Gasteiger partial charge is 0.417 e. The monoisotopic (exact) mass is 424 g/mol. The number of pyridine rings is 1. The summed E-state index contributed by atoms with van der Waals surface area (Å²) in [5.74, 6) is -0.0164. The van der Waals surface area contributed by atoms with Gasteiger partial charge in [-0.15, -0.1) is 0 Å². The summed E-state index contributed by atoms with van der Waals surface area (Å²) < 4.78 is 6.32. The molecule has 0 fully saturated rings. The summed E-state index contributed by atoms with van der Waals surface area (Å²) in [6, 6.07) is 11.8. The van der Waals surface area contributed by atoms with E-state index in [2.05, 4.69) is 38.8 Å². The van der Waals surface area contributed by atoms with E-state index in [0.717, 1.165) is 30.6 Å². The third-order valence-electron chi connectivity index (χ3n) is 5.83. The van der Waals surface area contributed by atoms with Crippen LogP contribution in [-0.4, -0.2) is 44.8 Å². The summed E-state index contributed by atoms with van der Waals surface area (Å²) >= 11 is 0. The first-order valence-electron chi connectivity index (χ1n) is 10.6. The predicted octanol–water partition coefficient (Wildman–Crippen LogP) is 5.66. The van der Waals surface area contributed by atoms with Crippen molar-refractivity contribution in [2.24, 2.45) is 0 Å². The van der Waals surface area contributed by atoms with E-state index in [1.54, 1.807) is 19.0 Å². The van der Waals surface area contributed by atoms with E-state index in [9.17, 15) is 4.79 Å². The summed E-state index contributed by atoms with van der Waals surface area (Å²) in [6.07, 6.45) is 7.46. The first-order chi connectivity index (χ1) is 14.0. The number of benzene rings is 1. The fraction of sp³-hybridized carbons (Fsp3) is 0.440. The van der Waals surface area contributed by atoms with Crippen LogP contribution in [-0.2, 0) is 15.6 Å². The highest BCUT2D eigenvalue weighted by Gasteiger charge is 2.36. The second-order valence-corrected chi connectivity index (χ2v) is 14.2. The highest BCUT2D eigenvalue weighted by Crippen LogP contribution is 2.36. The summed E-state index contributed by atoms with van der Waals surface area (Å²) in [6.45, 7) is 12.1. The minimum Gasteiger partial charge on any atom is -0.417 e. The van der Waals surface area contributed by atoms with Crippen molar-refractivity contribution in [3.63, 3.8) is 0 Å². The van der Waals surface area contributed by atoms with Crippen molar-refractivity contribution in [1.82, 2.24) is 9.88 Å². The number of aromatic nitrogens is 1. The van der Waals surface area contributed by atoms with Crippen molar-refractivity contribution in [3.8, 4) is 0 Å². The fourth-order valence-corrected chi connectivity index (χ4v) is 3.97. The number of aryl methyl sites for hydroxylation is 1. The molecule has 0 atom stereocenters. The number of nitrogens with zero attached hydrogens (tertiary/aromatic N) is 2. The van der Waals surface area contributed by atoms with Crippen molar-refractivity contribution >= 4 is 25.9 Å². The third-order valence-corrected chi connectivity index (χ3v) is 10.4. The first-order valence-corrected chi connectivity index (χ1v) is 13.5. The minimum absolute atomic E-state index is 0.0164. The van der Waals surface area contributed by atoms with Gasteiger partial charge in [0.15, 0.2) is 8.32 Å². The number of hydrogen-bond donors (Lipinski definition) is 0. The van der Waals surface area contributed by atoms with Gasteiger partial charge in [0.2, 0.25) is 0 Å². The van der Waals surface area contributed by atoms with Crippen molar-refractivity contribution in [1.29, 1.82) is 0 Å². The Hall–Kier alpha value is -2.24. The van der Waals surface area contributed by atoms with Crippen LogP contribution >= 0.6 is 0 Å². The van der Waals surface area contributed by atoms with Gasteiger partial charge in [-0.3, -0.25) is 9.78 Å². The van der Waals surface area contributed by atoms with Gasteiger partial charge in [0, 0.05) is 38.7 Å². The molecular formula is C25H36N2O2Si. The molecule has 0 aliphatic heterocycles. The molecule has 0 bridgehead atoms. The maximum atomic E-state index is 12.8. The van der Waals surface area contributed by atoms with E-state index in [4.69, 9.17) is 4.43 Å². The molecule has 2 rings (SSSR count). The second-order valence-electron chi connectivity index (χ2n) is 9.41. The lowest BCUT2D eigenvalue weighted by molar-refractivity contribution is -0.122. The van der Waals surface area contributed by atoms with Gasteiger partial charge in [-0.1, -0.05) is 51.1 Å². The molecule has 162 valence electrons. The van der Waals surface area contributed by atoms with E-state index in [-0.39, 0.29) is 10.9 Å². The summed E-state index contributed by atoms with van der Waals surface area (Å²) in [4.78, 5) is 18.8. The standard InChI is InChI=1S/C25H36N2O2Si/c1-25(2,3)30(6,7)29-17-11-14-20-15-16-26-19-22(20)18-23(24(28)27(4)5)21-12-9-8-10-13-21/h8-10,12-13,15-16,18-19H,11,14,17H2,1-7H3. The van der Waals surface area contributed by atoms with Crippen LogP contribution in [0.2, 0.25) is 18.1 Å². The Labute approximate surface area is 183 Å². The molecule has 0 unspecified atom stereocenters. The van der Waals surface area contributed by atoms with Crippen molar-refractivity contribution in [2.75, 3.05) is 20.7 Å². The minimum atomic E-state index is -1.73. The van der Waals surface area contributed by atoms with E-state index in [0.29, 0.717) is 5.57 Å². The van der Waals surface area contributed by atoms with Gasteiger partial charge in [-0.05, 0) is 59.8 Å². The Morgan fingerprint density at radius 2 is 1.80 bits per heavy atom. The highest BCUT2D eigenvalue weighted by molar-refractivity contribution is 6.74. The molecule has 30 heavy (non-hydrogen) atoms. The van der Waals surface area contributed by atoms with Crippen LogP contribution < -0.4 is 0 Å². The van der Waals surface area contributed by atoms with Crippen molar-refractivity contribution in [2.45, 2.75) is 51.7 Å². The van der Waals surface area contributed by atoms with E-state index in [1.165, 1.54) is 5.56 Å². The Bertz CT molecular complexity index is 868. The van der Waals surface area contributed by atoms with Gasteiger partial charge in [0.25, 0.3) is 5.91 Å². The summed E-state index contributed by atoms with van der Waals surface area (Å²) in [7, 11) is 1.83. The predicted molar refractivity (Wildman–Crippen MR) is 129 cm³/mol.